The number of hydrogen-bond acceptors (Lipinski definition) is 3. The van der Waals surface area contributed by atoms with E-state index in [1.165, 1.54) is 18.9 Å². The second kappa shape index (κ2) is 9.38. The van der Waals surface area contributed by atoms with Gasteiger partial charge < -0.3 is 4.74 Å². The van der Waals surface area contributed by atoms with E-state index in [0.717, 1.165) is 50.5 Å². The van der Waals surface area contributed by atoms with Crippen molar-refractivity contribution in [3.05, 3.63) is 51.5 Å². The van der Waals surface area contributed by atoms with E-state index in [1.54, 1.807) is 18.2 Å². The quantitative estimate of drug-likeness (QED) is 0.231. The fraction of sp³-hybridized carbons (Fsp3) is 0.600. The summed E-state index contributed by atoms with van der Waals surface area (Å²) in [6, 6.07) is 5.38. The minimum absolute atomic E-state index is 0.0339. The van der Waals surface area contributed by atoms with Crippen LogP contribution in [0, 0.1) is 34.5 Å². The number of carbonyl (C=O) groups is 2. The molecule has 5 rings (SSSR count). The molecule has 5 heteroatoms. The van der Waals surface area contributed by atoms with E-state index >= 15 is 0 Å². The summed E-state index contributed by atoms with van der Waals surface area (Å²) in [6.07, 6.45) is 14.5. The second-order valence-electron chi connectivity index (χ2n) is 11.8. The van der Waals surface area contributed by atoms with Gasteiger partial charge in [-0.25, -0.2) is 0 Å². The van der Waals surface area contributed by atoms with Gasteiger partial charge in [-0.05, 0) is 103 Å². The molecule has 188 valence electrons. The Labute approximate surface area is 219 Å². The van der Waals surface area contributed by atoms with E-state index < -0.39 is 0 Å². The van der Waals surface area contributed by atoms with Crippen molar-refractivity contribution in [2.75, 3.05) is 0 Å². The maximum absolute atomic E-state index is 13.4. The van der Waals surface area contributed by atoms with E-state index in [1.807, 2.05) is 12.1 Å². The summed E-state index contributed by atoms with van der Waals surface area (Å²) in [5, 5.41) is 1.17. The Morgan fingerprint density at radius 1 is 1.06 bits per heavy atom. The van der Waals surface area contributed by atoms with E-state index in [2.05, 4.69) is 19.9 Å². The molecule has 3 saturated carbocycles. The number of carbonyl (C=O) groups excluding carboxylic acids is 2. The number of rotatable bonds is 4. The van der Waals surface area contributed by atoms with Crippen LogP contribution in [0.1, 0.15) is 77.7 Å². The average Bonchev–Trinajstić information content (AvgIpc) is 3.15. The summed E-state index contributed by atoms with van der Waals surface area (Å²) in [7, 11) is 0. The molecule has 35 heavy (non-hydrogen) atoms. The number of esters is 1. The Hall–Kier alpha value is -1.58. The first-order chi connectivity index (χ1) is 16.6. The molecule has 0 saturated heterocycles. The Morgan fingerprint density at radius 3 is 2.60 bits per heavy atom. The van der Waals surface area contributed by atoms with Crippen molar-refractivity contribution in [2.24, 2.45) is 34.5 Å². The van der Waals surface area contributed by atoms with Crippen molar-refractivity contribution < 1.29 is 14.3 Å². The molecule has 0 bridgehead atoms. The van der Waals surface area contributed by atoms with Crippen LogP contribution in [-0.2, 0) is 14.3 Å². The molecule has 0 aliphatic heterocycles. The number of halogens is 2. The lowest BCUT2D eigenvalue weighted by Gasteiger charge is -2.58. The third-order valence-corrected chi connectivity index (χ3v) is 10.7. The molecule has 7 atom stereocenters. The van der Waals surface area contributed by atoms with Crippen molar-refractivity contribution in [1.29, 1.82) is 0 Å². The van der Waals surface area contributed by atoms with Crippen LogP contribution in [-0.4, -0.2) is 17.9 Å². The molecule has 0 heterocycles. The smallest absolute Gasteiger partial charge is 0.302 e. The zero-order valence-corrected chi connectivity index (χ0v) is 22.5. The molecule has 0 radical (unpaired) electrons. The molecule has 0 amide bonds. The predicted octanol–water partition coefficient (Wildman–Crippen LogP) is 8.09. The maximum atomic E-state index is 13.4. The predicted molar refractivity (Wildman–Crippen MR) is 141 cm³/mol. The van der Waals surface area contributed by atoms with E-state index in [9.17, 15) is 9.59 Å². The highest BCUT2D eigenvalue weighted by atomic mass is 35.5. The minimum Gasteiger partial charge on any atom is -0.462 e. The first kappa shape index (κ1) is 25.1. The van der Waals surface area contributed by atoms with Crippen LogP contribution < -0.4 is 0 Å². The third kappa shape index (κ3) is 4.42. The molecule has 0 N–H and O–H groups in total. The lowest BCUT2D eigenvalue weighted by Crippen LogP contribution is -2.51. The standard InChI is InChI=1S/C30H36Cl2O3/c1-18(33)35-22-12-14-29(2)20(16-22)6-8-23-24-9-10-26(30(24,3)15-13-25(23)29)28(34)11-5-19-4-7-21(31)17-27(19)32/h4-7,11,17,22-26H,8-10,12-16H2,1-3H3/b11-5+/t22-,23-,24-,25-,26+,29-,30-/m0/s1. The molecule has 1 aromatic rings. The topological polar surface area (TPSA) is 43.4 Å². The second-order valence-corrected chi connectivity index (χ2v) is 12.7. The lowest BCUT2D eigenvalue weighted by molar-refractivity contribution is -0.149. The first-order valence-corrected chi connectivity index (χ1v) is 13.9. The normalized spacial score (nSPS) is 38.3. The number of hydrogen-bond donors (Lipinski definition) is 0. The van der Waals surface area contributed by atoms with Crippen molar-refractivity contribution in [1.82, 2.24) is 0 Å². The largest absolute Gasteiger partial charge is 0.462 e. The molecule has 1 aromatic carbocycles. The van der Waals surface area contributed by atoms with Crippen LogP contribution >= 0.6 is 23.2 Å². The average molecular weight is 516 g/mol. The Kier molecular flexibility index (Phi) is 6.72. The van der Waals surface area contributed by atoms with Gasteiger partial charge in [-0.2, -0.15) is 0 Å². The fourth-order valence-electron chi connectivity index (χ4n) is 8.35. The molecule has 0 unspecified atom stereocenters. The number of ether oxygens (including phenoxy) is 1. The van der Waals surface area contributed by atoms with Gasteiger partial charge in [0.2, 0.25) is 0 Å². The van der Waals surface area contributed by atoms with Crippen molar-refractivity contribution in [2.45, 2.75) is 78.2 Å². The number of allylic oxidation sites excluding steroid dienone is 2. The number of benzene rings is 1. The monoisotopic (exact) mass is 514 g/mol. The Morgan fingerprint density at radius 2 is 1.86 bits per heavy atom. The zero-order valence-electron chi connectivity index (χ0n) is 21.0. The Bertz CT molecular complexity index is 1090. The summed E-state index contributed by atoms with van der Waals surface area (Å²) in [4.78, 5) is 24.9. The van der Waals surface area contributed by atoms with E-state index in [4.69, 9.17) is 27.9 Å². The molecule has 0 spiro atoms. The van der Waals surface area contributed by atoms with Crippen LogP contribution in [0.25, 0.3) is 6.08 Å². The summed E-state index contributed by atoms with van der Waals surface area (Å²) in [5.41, 5.74) is 2.60. The van der Waals surface area contributed by atoms with Gasteiger partial charge in [0.05, 0.1) is 0 Å². The van der Waals surface area contributed by atoms with Crippen LogP contribution in [0.15, 0.2) is 35.9 Å². The summed E-state index contributed by atoms with van der Waals surface area (Å²) >= 11 is 12.3. The first-order valence-electron chi connectivity index (χ1n) is 13.2. The van der Waals surface area contributed by atoms with Crippen LogP contribution in [0.5, 0.6) is 0 Å². The van der Waals surface area contributed by atoms with Gasteiger partial charge in [0.25, 0.3) is 0 Å². The van der Waals surface area contributed by atoms with E-state index in [0.29, 0.717) is 27.8 Å². The van der Waals surface area contributed by atoms with Gasteiger partial charge in [0, 0.05) is 29.3 Å². The maximum Gasteiger partial charge on any atom is 0.302 e. The highest BCUT2D eigenvalue weighted by molar-refractivity contribution is 6.35. The summed E-state index contributed by atoms with van der Waals surface area (Å²) in [5.74, 6) is 2.03. The third-order valence-electron chi connectivity index (χ3n) is 10.1. The van der Waals surface area contributed by atoms with E-state index in [-0.39, 0.29) is 34.6 Å². The van der Waals surface area contributed by atoms with Gasteiger partial charge >= 0.3 is 5.97 Å². The Balaban J connectivity index is 1.33. The van der Waals surface area contributed by atoms with Crippen LogP contribution in [0.2, 0.25) is 10.0 Å². The fourth-order valence-corrected chi connectivity index (χ4v) is 8.83. The van der Waals surface area contributed by atoms with Gasteiger partial charge in [0.15, 0.2) is 5.78 Å². The highest BCUT2D eigenvalue weighted by Gasteiger charge is 2.59. The molecular formula is C30H36Cl2O3. The molecule has 3 fully saturated rings. The van der Waals surface area contributed by atoms with Gasteiger partial charge in [-0.3, -0.25) is 9.59 Å². The summed E-state index contributed by atoms with van der Waals surface area (Å²) < 4.78 is 5.58. The lowest BCUT2D eigenvalue weighted by atomic mass is 9.47. The van der Waals surface area contributed by atoms with Crippen LogP contribution in [0.3, 0.4) is 0 Å². The minimum atomic E-state index is -0.171. The zero-order chi connectivity index (χ0) is 25.0. The number of fused-ring (bicyclic) bond motifs is 5. The SMILES string of the molecule is CC(=O)O[C@H]1CC[C@@]2(C)C(=CC[C@H]3[C@@H]4CC[C@H](C(=O)/C=C/c5ccc(Cl)cc5Cl)[C@@]4(C)CC[C@@H]32)C1. The van der Waals surface area contributed by atoms with Gasteiger partial charge in [0.1, 0.15) is 6.10 Å². The van der Waals surface area contributed by atoms with Crippen molar-refractivity contribution >= 4 is 41.0 Å². The molecule has 3 nitrogen and oxygen atoms in total. The number of ketones is 1. The molecular weight excluding hydrogens is 479 g/mol. The molecule has 0 aromatic heterocycles. The van der Waals surface area contributed by atoms with Crippen molar-refractivity contribution in [3.8, 4) is 0 Å². The summed E-state index contributed by atoms with van der Waals surface area (Å²) in [6.45, 7) is 6.35. The van der Waals surface area contributed by atoms with Gasteiger partial charge in [-0.15, -0.1) is 0 Å². The van der Waals surface area contributed by atoms with Crippen molar-refractivity contribution in [3.63, 3.8) is 0 Å². The highest BCUT2D eigenvalue weighted by Crippen LogP contribution is 2.66. The van der Waals surface area contributed by atoms with Crippen LogP contribution in [0.4, 0.5) is 0 Å². The molecule has 4 aliphatic rings. The van der Waals surface area contributed by atoms with Gasteiger partial charge in [-0.1, -0.05) is 54.8 Å². The molecule has 4 aliphatic carbocycles.